The number of nitrogens with one attached hydrogen (secondary N) is 2. The monoisotopic (exact) mass is 292 g/mol. The molecular formula is C11H9ClN6O2. The van der Waals surface area contributed by atoms with Gasteiger partial charge in [0.15, 0.2) is 22.8 Å². The van der Waals surface area contributed by atoms with Gasteiger partial charge in [0, 0.05) is 12.1 Å². The van der Waals surface area contributed by atoms with Gasteiger partial charge in [0.1, 0.15) is 6.33 Å². The van der Waals surface area contributed by atoms with Crippen molar-refractivity contribution in [2.24, 2.45) is 0 Å². The first-order valence-corrected chi connectivity index (χ1v) is 5.99. The fourth-order valence-corrected chi connectivity index (χ4v) is 1.88. The largest absolute Gasteiger partial charge is 0.504 e. The highest BCUT2D eigenvalue weighted by atomic mass is 35.5. The van der Waals surface area contributed by atoms with Crippen molar-refractivity contribution in [2.45, 2.75) is 6.54 Å². The zero-order chi connectivity index (χ0) is 14.1. The molecule has 3 rings (SSSR count). The Kier molecular flexibility index (Phi) is 2.99. The van der Waals surface area contributed by atoms with Gasteiger partial charge in [-0.3, -0.25) is 0 Å². The van der Waals surface area contributed by atoms with Crippen LogP contribution in [0.1, 0.15) is 5.56 Å². The zero-order valence-electron chi connectivity index (χ0n) is 10.0. The molecule has 0 amide bonds. The number of fused-ring (bicyclic) bond motifs is 1. The summed E-state index contributed by atoms with van der Waals surface area (Å²) in [6.07, 6.45) is 1.35. The Hall–Kier alpha value is -2.61. The lowest BCUT2D eigenvalue weighted by Gasteiger charge is -2.09. The molecule has 0 unspecified atom stereocenters. The first-order chi connectivity index (χ1) is 9.66. The van der Waals surface area contributed by atoms with E-state index in [0.29, 0.717) is 22.5 Å². The van der Waals surface area contributed by atoms with Crippen molar-refractivity contribution in [3.8, 4) is 11.5 Å². The van der Waals surface area contributed by atoms with Gasteiger partial charge in [-0.25, -0.2) is 9.97 Å². The predicted octanol–water partition coefficient (Wildman–Crippen LogP) is 1.42. The van der Waals surface area contributed by atoms with Crippen LogP contribution in [-0.2, 0) is 6.54 Å². The zero-order valence-corrected chi connectivity index (χ0v) is 10.8. The SMILES string of the molecule is Oc1c(Cl)ccc(CNc2ncnc3n[nH]nc23)c1O. The number of anilines is 1. The van der Waals surface area contributed by atoms with E-state index in [1.807, 2.05) is 0 Å². The number of benzene rings is 1. The highest BCUT2D eigenvalue weighted by molar-refractivity contribution is 6.32. The molecule has 8 nitrogen and oxygen atoms in total. The number of aromatic hydroxyl groups is 2. The summed E-state index contributed by atoms with van der Waals surface area (Å²) in [6, 6.07) is 3.10. The number of aromatic nitrogens is 5. The molecule has 0 aliphatic rings. The minimum absolute atomic E-state index is 0.0900. The number of aromatic amines is 1. The molecule has 4 N–H and O–H groups in total. The van der Waals surface area contributed by atoms with Crippen LogP contribution in [0.2, 0.25) is 5.02 Å². The van der Waals surface area contributed by atoms with Gasteiger partial charge < -0.3 is 15.5 Å². The van der Waals surface area contributed by atoms with E-state index in [4.69, 9.17) is 11.6 Å². The van der Waals surface area contributed by atoms with Gasteiger partial charge in [0.25, 0.3) is 0 Å². The maximum Gasteiger partial charge on any atom is 0.206 e. The Morgan fingerprint density at radius 3 is 2.85 bits per heavy atom. The molecule has 0 bridgehead atoms. The van der Waals surface area contributed by atoms with Crippen molar-refractivity contribution in [1.82, 2.24) is 25.4 Å². The van der Waals surface area contributed by atoms with E-state index < -0.39 is 0 Å². The van der Waals surface area contributed by atoms with E-state index in [1.54, 1.807) is 6.07 Å². The van der Waals surface area contributed by atoms with Gasteiger partial charge in [-0.05, 0) is 6.07 Å². The van der Waals surface area contributed by atoms with Crippen LogP contribution in [0.25, 0.3) is 11.2 Å². The summed E-state index contributed by atoms with van der Waals surface area (Å²) in [5.41, 5.74) is 1.40. The van der Waals surface area contributed by atoms with Crippen LogP contribution < -0.4 is 5.32 Å². The van der Waals surface area contributed by atoms with Crippen LogP contribution in [-0.4, -0.2) is 35.6 Å². The molecule has 2 heterocycles. The summed E-state index contributed by atoms with van der Waals surface area (Å²) in [6.45, 7) is 0.232. The Labute approximate surface area is 117 Å². The molecule has 0 aliphatic heterocycles. The van der Waals surface area contributed by atoms with Crippen molar-refractivity contribution in [2.75, 3.05) is 5.32 Å². The second-order valence-corrected chi connectivity index (χ2v) is 4.38. The summed E-state index contributed by atoms with van der Waals surface area (Å²) >= 11 is 5.69. The highest BCUT2D eigenvalue weighted by Crippen LogP contribution is 2.36. The lowest BCUT2D eigenvalue weighted by molar-refractivity contribution is 0.400. The molecule has 1 aromatic carbocycles. The number of phenolic OH excluding ortho intramolecular Hbond substituents is 2. The topological polar surface area (TPSA) is 120 Å². The van der Waals surface area contributed by atoms with Crippen molar-refractivity contribution in [3.05, 3.63) is 29.0 Å². The lowest BCUT2D eigenvalue weighted by atomic mass is 10.2. The lowest BCUT2D eigenvalue weighted by Crippen LogP contribution is -2.03. The number of phenols is 2. The van der Waals surface area contributed by atoms with Crippen LogP contribution in [0.3, 0.4) is 0 Å². The minimum Gasteiger partial charge on any atom is -0.504 e. The van der Waals surface area contributed by atoms with Crippen LogP contribution >= 0.6 is 11.6 Å². The third kappa shape index (κ3) is 2.05. The van der Waals surface area contributed by atoms with Crippen molar-refractivity contribution in [3.63, 3.8) is 0 Å². The quantitative estimate of drug-likeness (QED) is 0.539. The first-order valence-electron chi connectivity index (χ1n) is 5.61. The Bertz CT molecular complexity index is 775. The number of H-pyrrole nitrogens is 1. The number of hydrogen-bond acceptors (Lipinski definition) is 7. The summed E-state index contributed by atoms with van der Waals surface area (Å²) in [5.74, 6) is -0.145. The fraction of sp³-hybridized carbons (Fsp3) is 0.0909. The maximum atomic E-state index is 9.79. The van der Waals surface area contributed by atoms with E-state index in [1.165, 1.54) is 12.4 Å². The first kappa shape index (κ1) is 12.4. The summed E-state index contributed by atoms with van der Waals surface area (Å²) in [7, 11) is 0. The number of halogens is 1. The van der Waals surface area contributed by atoms with Crippen molar-refractivity contribution >= 4 is 28.6 Å². The van der Waals surface area contributed by atoms with E-state index in [-0.39, 0.29) is 23.1 Å². The van der Waals surface area contributed by atoms with E-state index in [2.05, 4.69) is 30.7 Å². The Balaban J connectivity index is 1.87. The molecule has 0 fully saturated rings. The smallest absolute Gasteiger partial charge is 0.206 e. The fourth-order valence-electron chi connectivity index (χ4n) is 1.72. The molecule has 0 saturated carbocycles. The second-order valence-electron chi connectivity index (χ2n) is 3.98. The molecule has 3 aromatic rings. The number of hydrogen-bond donors (Lipinski definition) is 4. The van der Waals surface area contributed by atoms with Gasteiger partial charge >= 0.3 is 0 Å². The van der Waals surface area contributed by atoms with Gasteiger partial charge in [0.05, 0.1) is 5.02 Å². The summed E-state index contributed by atoms with van der Waals surface area (Å²) < 4.78 is 0. The molecule has 2 aromatic heterocycles. The van der Waals surface area contributed by atoms with Gasteiger partial charge in [-0.1, -0.05) is 17.7 Å². The van der Waals surface area contributed by atoms with E-state index in [9.17, 15) is 10.2 Å². The van der Waals surface area contributed by atoms with Crippen molar-refractivity contribution < 1.29 is 10.2 Å². The Morgan fingerprint density at radius 1 is 1.15 bits per heavy atom. The maximum absolute atomic E-state index is 9.79. The average molecular weight is 293 g/mol. The van der Waals surface area contributed by atoms with Gasteiger partial charge in [-0.2, -0.15) is 10.3 Å². The van der Waals surface area contributed by atoms with Crippen molar-refractivity contribution in [1.29, 1.82) is 0 Å². The van der Waals surface area contributed by atoms with Gasteiger partial charge in [-0.15, -0.1) is 5.10 Å². The third-order valence-corrected chi connectivity index (χ3v) is 3.06. The van der Waals surface area contributed by atoms with E-state index in [0.717, 1.165) is 0 Å². The minimum atomic E-state index is -0.347. The van der Waals surface area contributed by atoms with Gasteiger partial charge in [0.2, 0.25) is 5.65 Å². The summed E-state index contributed by atoms with van der Waals surface area (Å²) in [5, 5.41) is 32.7. The predicted molar refractivity (Wildman–Crippen MR) is 71.6 cm³/mol. The Morgan fingerprint density at radius 2 is 2.00 bits per heavy atom. The molecule has 102 valence electrons. The van der Waals surface area contributed by atoms with Crippen LogP contribution in [0.15, 0.2) is 18.5 Å². The molecule has 0 aliphatic carbocycles. The molecule has 9 heteroatoms. The average Bonchev–Trinajstić information content (AvgIpc) is 2.93. The van der Waals surface area contributed by atoms with Crippen LogP contribution in [0.5, 0.6) is 11.5 Å². The van der Waals surface area contributed by atoms with E-state index >= 15 is 0 Å². The number of nitrogens with zero attached hydrogens (tertiary/aromatic N) is 4. The highest BCUT2D eigenvalue weighted by Gasteiger charge is 2.12. The van der Waals surface area contributed by atoms with Crippen LogP contribution in [0.4, 0.5) is 5.82 Å². The molecule has 0 radical (unpaired) electrons. The third-order valence-electron chi connectivity index (χ3n) is 2.75. The van der Waals surface area contributed by atoms with Crippen LogP contribution in [0, 0.1) is 0 Å². The molecule has 0 spiro atoms. The molecule has 20 heavy (non-hydrogen) atoms. The molecule has 0 atom stereocenters. The summed E-state index contributed by atoms with van der Waals surface area (Å²) in [4.78, 5) is 7.99. The number of rotatable bonds is 3. The molecular weight excluding hydrogens is 284 g/mol. The molecule has 0 saturated heterocycles. The standard InChI is InChI=1S/C11H9ClN6O2/c12-6-2-1-5(8(19)9(6)20)3-13-10-7-11(15-4-14-10)17-18-16-7/h1-2,4,19-20H,3H2,(H2,13,14,15,16,17,18). The normalized spacial score (nSPS) is 10.8. The second kappa shape index (κ2) is 4.82.